The molecule has 0 aliphatic heterocycles. The minimum Gasteiger partial charge on any atom is -0.314 e. The van der Waals surface area contributed by atoms with E-state index in [4.69, 9.17) is 0 Å². The highest BCUT2D eigenvalue weighted by Crippen LogP contribution is 2.09. The minimum absolute atomic E-state index is 0.702. The Morgan fingerprint density at radius 2 is 2.12 bits per heavy atom. The van der Waals surface area contributed by atoms with Crippen LogP contribution in [-0.4, -0.2) is 22.4 Å². The first-order valence-electron chi connectivity index (χ1n) is 6.98. The Bertz CT molecular complexity index is 293. The molecule has 3 heteroatoms. The van der Waals surface area contributed by atoms with Gasteiger partial charge in [-0.1, -0.05) is 20.3 Å². The van der Waals surface area contributed by atoms with Crippen LogP contribution in [0.4, 0.5) is 0 Å². The molecule has 0 fully saturated rings. The quantitative estimate of drug-likeness (QED) is 0.715. The van der Waals surface area contributed by atoms with E-state index in [2.05, 4.69) is 30.3 Å². The maximum absolute atomic E-state index is 4.20. The molecular formula is C14H27N3. The fraction of sp³-hybridized carbons (Fsp3) is 0.786. The third-order valence-electron chi connectivity index (χ3n) is 3.23. The van der Waals surface area contributed by atoms with Gasteiger partial charge in [-0.05, 0) is 44.7 Å². The highest BCUT2D eigenvalue weighted by molar-refractivity contribution is 4.99. The molecule has 1 atom stereocenters. The van der Waals surface area contributed by atoms with Gasteiger partial charge in [-0.3, -0.25) is 4.68 Å². The zero-order chi connectivity index (χ0) is 12.5. The Morgan fingerprint density at radius 3 is 2.71 bits per heavy atom. The second kappa shape index (κ2) is 8.29. The molecule has 1 heterocycles. The number of rotatable bonds is 9. The molecule has 0 radical (unpaired) electrons. The maximum Gasteiger partial charge on any atom is 0.0492 e. The largest absolute Gasteiger partial charge is 0.314 e. The van der Waals surface area contributed by atoms with Crippen LogP contribution in [0.15, 0.2) is 12.3 Å². The van der Waals surface area contributed by atoms with Gasteiger partial charge in [0.15, 0.2) is 0 Å². The smallest absolute Gasteiger partial charge is 0.0492 e. The van der Waals surface area contributed by atoms with Gasteiger partial charge in [0.25, 0.3) is 0 Å². The van der Waals surface area contributed by atoms with Crippen LogP contribution in [0.3, 0.4) is 0 Å². The average Bonchev–Trinajstić information content (AvgIpc) is 2.72. The summed E-state index contributed by atoms with van der Waals surface area (Å²) in [6.45, 7) is 5.64. The third-order valence-corrected chi connectivity index (χ3v) is 3.23. The van der Waals surface area contributed by atoms with Crippen molar-refractivity contribution < 1.29 is 0 Å². The molecule has 0 amide bonds. The van der Waals surface area contributed by atoms with Crippen LogP contribution >= 0.6 is 0 Å². The van der Waals surface area contributed by atoms with Crippen LogP contribution in [0.25, 0.3) is 0 Å². The van der Waals surface area contributed by atoms with Crippen LogP contribution in [0.2, 0.25) is 0 Å². The van der Waals surface area contributed by atoms with E-state index < -0.39 is 0 Å². The Morgan fingerprint density at radius 1 is 1.29 bits per heavy atom. The lowest BCUT2D eigenvalue weighted by atomic mass is 10.0. The van der Waals surface area contributed by atoms with Gasteiger partial charge in [-0.15, -0.1) is 0 Å². The standard InChI is InChI=1S/C14H27N3/c1-4-7-13(15-11-5-2)8-6-9-14-10-12-16-17(14)3/h10,12-13,15H,4-9,11H2,1-3H3. The summed E-state index contributed by atoms with van der Waals surface area (Å²) in [5, 5.41) is 7.84. The monoisotopic (exact) mass is 237 g/mol. The van der Waals surface area contributed by atoms with Gasteiger partial charge in [0.1, 0.15) is 0 Å². The van der Waals surface area contributed by atoms with Gasteiger partial charge >= 0.3 is 0 Å². The van der Waals surface area contributed by atoms with E-state index in [9.17, 15) is 0 Å². The van der Waals surface area contributed by atoms with Crippen LogP contribution < -0.4 is 5.32 Å². The molecule has 0 saturated heterocycles. The summed E-state index contributed by atoms with van der Waals surface area (Å²) in [4.78, 5) is 0. The molecule has 1 rings (SSSR count). The first-order valence-corrected chi connectivity index (χ1v) is 6.98. The summed E-state index contributed by atoms with van der Waals surface area (Å²) in [7, 11) is 2.02. The molecule has 1 aromatic heterocycles. The Balaban J connectivity index is 2.24. The molecule has 1 aromatic rings. The molecule has 1 N–H and O–H groups in total. The molecule has 0 saturated carbocycles. The first kappa shape index (κ1) is 14.2. The number of hydrogen-bond donors (Lipinski definition) is 1. The summed E-state index contributed by atoms with van der Waals surface area (Å²) >= 11 is 0. The Kier molecular flexibility index (Phi) is 6.94. The lowest BCUT2D eigenvalue weighted by molar-refractivity contribution is 0.435. The molecule has 3 nitrogen and oxygen atoms in total. The fourth-order valence-electron chi connectivity index (χ4n) is 2.22. The molecular weight excluding hydrogens is 210 g/mol. The van der Waals surface area contributed by atoms with Crippen molar-refractivity contribution in [2.24, 2.45) is 7.05 Å². The van der Waals surface area contributed by atoms with Gasteiger partial charge in [0.05, 0.1) is 0 Å². The van der Waals surface area contributed by atoms with Crippen molar-refractivity contribution >= 4 is 0 Å². The SMILES string of the molecule is CCCNC(CCC)CCCc1ccnn1C. The highest BCUT2D eigenvalue weighted by atomic mass is 15.2. The fourth-order valence-corrected chi connectivity index (χ4v) is 2.22. The summed E-state index contributed by atoms with van der Waals surface area (Å²) in [5.74, 6) is 0. The number of aryl methyl sites for hydroxylation is 2. The lowest BCUT2D eigenvalue weighted by Gasteiger charge is -2.17. The van der Waals surface area contributed by atoms with E-state index in [1.165, 1.54) is 37.8 Å². The van der Waals surface area contributed by atoms with Crippen LogP contribution in [0.1, 0.15) is 51.6 Å². The number of nitrogens with one attached hydrogen (secondary N) is 1. The predicted molar refractivity (Wildman–Crippen MR) is 73.1 cm³/mol. The van der Waals surface area contributed by atoms with Gasteiger partial charge in [-0.25, -0.2) is 0 Å². The zero-order valence-corrected chi connectivity index (χ0v) is 11.6. The van der Waals surface area contributed by atoms with Crippen molar-refractivity contribution in [1.82, 2.24) is 15.1 Å². The molecule has 1 unspecified atom stereocenters. The molecule has 0 aliphatic carbocycles. The van der Waals surface area contributed by atoms with Crippen molar-refractivity contribution in [1.29, 1.82) is 0 Å². The van der Waals surface area contributed by atoms with Gasteiger partial charge < -0.3 is 5.32 Å². The average molecular weight is 237 g/mol. The molecule has 0 aliphatic rings. The predicted octanol–water partition coefficient (Wildman–Crippen LogP) is 2.91. The van der Waals surface area contributed by atoms with E-state index in [0.29, 0.717) is 6.04 Å². The van der Waals surface area contributed by atoms with E-state index in [1.54, 1.807) is 0 Å². The molecule has 0 spiro atoms. The van der Waals surface area contributed by atoms with E-state index in [0.717, 1.165) is 13.0 Å². The van der Waals surface area contributed by atoms with Crippen molar-refractivity contribution in [3.63, 3.8) is 0 Å². The van der Waals surface area contributed by atoms with E-state index in [-0.39, 0.29) is 0 Å². The second-order valence-corrected chi connectivity index (χ2v) is 4.78. The number of hydrogen-bond acceptors (Lipinski definition) is 2. The Labute approximate surface area is 106 Å². The van der Waals surface area contributed by atoms with Crippen molar-refractivity contribution in [3.8, 4) is 0 Å². The second-order valence-electron chi connectivity index (χ2n) is 4.78. The van der Waals surface area contributed by atoms with Crippen LogP contribution in [0, 0.1) is 0 Å². The van der Waals surface area contributed by atoms with Crippen molar-refractivity contribution in [2.45, 2.75) is 58.4 Å². The highest BCUT2D eigenvalue weighted by Gasteiger charge is 2.07. The molecule has 0 aromatic carbocycles. The van der Waals surface area contributed by atoms with Crippen LogP contribution in [0.5, 0.6) is 0 Å². The zero-order valence-electron chi connectivity index (χ0n) is 11.6. The van der Waals surface area contributed by atoms with E-state index in [1.807, 2.05) is 17.9 Å². The first-order chi connectivity index (χ1) is 8.27. The third kappa shape index (κ3) is 5.35. The summed E-state index contributed by atoms with van der Waals surface area (Å²) in [6, 6.07) is 2.82. The topological polar surface area (TPSA) is 29.9 Å². The summed E-state index contributed by atoms with van der Waals surface area (Å²) in [6.07, 6.45) is 9.35. The number of nitrogens with zero attached hydrogens (tertiary/aromatic N) is 2. The number of aromatic nitrogens is 2. The van der Waals surface area contributed by atoms with E-state index >= 15 is 0 Å². The van der Waals surface area contributed by atoms with Gasteiger partial charge in [0.2, 0.25) is 0 Å². The maximum atomic E-state index is 4.20. The lowest BCUT2D eigenvalue weighted by Crippen LogP contribution is -2.29. The Hall–Kier alpha value is -0.830. The van der Waals surface area contributed by atoms with Crippen LogP contribution in [-0.2, 0) is 13.5 Å². The van der Waals surface area contributed by atoms with Crippen molar-refractivity contribution in [3.05, 3.63) is 18.0 Å². The molecule has 0 bridgehead atoms. The van der Waals surface area contributed by atoms with Crippen molar-refractivity contribution in [2.75, 3.05) is 6.54 Å². The summed E-state index contributed by atoms with van der Waals surface area (Å²) in [5.41, 5.74) is 1.34. The normalized spacial score (nSPS) is 12.9. The molecule has 98 valence electrons. The van der Waals surface area contributed by atoms with Gasteiger partial charge in [0, 0.05) is 25.0 Å². The molecule has 17 heavy (non-hydrogen) atoms. The summed E-state index contributed by atoms with van der Waals surface area (Å²) < 4.78 is 1.98. The minimum atomic E-state index is 0.702. The van der Waals surface area contributed by atoms with Gasteiger partial charge in [-0.2, -0.15) is 5.10 Å².